The molecule has 1 aromatic carbocycles. The Bertz CT molecular complexity index is 663. The second kappa shape index (κ2) is 11.4. The van der Waals surface area contributed by atoms with Crippen LogP contribution in [0.2, 0.25) is 0 Å². The minimum atomic E-state index is -0.758. The Kier molecular flexibility index (Phi) is 8.91. The first-order valence-corrected chi connectivity index (χ1v) is 10.0. The fraction of sp³-hybridized carbons (Fsp3) is 0.571. The van der Waals surface area contributed by atoms with Gasteiger partial charge in [-0.15, -0.1) is 0 Å². The highest BCUT2D eigenvalue weighted by molar-refractivity contribution is 5.94. The van der Waals surface area contributed by atoms with Crippen LogP contribution in [0, 0.1) is 11.7 Å². The molecule has 2 amide bonds. The SMILES string of the molecule is O=C(O)CCCCCCCNC(=O)C1CCCN(C(=O)c2ccc(F)cc2)C1. The molecule has 28 heavy (non-hydrogen) atoms. The number of amides is 2. The lowest BCUT2D eigenvalue weighted by Crippen LogP contribution is -2.45. The molecule has 0 aliphatic carbocycles. The monoisotopic (exact) mass is 392 g/mol. The van der Waals surface area contributed by atoms with E-state index in [1.807, 2.05) is 0 Å². The summed E-state index contributed by atoms with van der Waals surface area (Å²) in [6.07, 6.45) is 6.12. The molecule has 1 aromatic rings. The number of carbonyl (C=O) groups excluding carboxylic acids is 2. The number of rotatable bonds is 10. The first kappa shape index (κ1) is 21.9. The Morgan fingerprint density at radius 2 is 1.75 bits per heavy atom. The molecular formula is C21H29FN2O4. The van der Waals surface area contributed by atoms with Crippen LogP contribution in [-0.4, -0.2) is 47.4 Å². The predicted molar refractivity (Wildman–Crippen MR) is 103 cm³/mol. The van der Waals surface area contributed by atoms with E-state index >= 15 is 0 Å². The molecule has 7 heteroatoms. The predicted octanol–water partition coefficient (Wildman–Crippen LogP) is 3.22. The lowest BCUT2D eigenvalue weighted by atomic mass is 9.96. The summed E-state index contributed by atoms with van der Waals surface area (Å²) in [6.45, 7) is 1.59. The number of unbranched alkanes of at least 4 members (excludes halogenated alkanes) is 4. The zero-order valence-electron chi connectivity index (χ0n) is 16.2. The normalized spacial score (nSPS) is 16.6. The Labute approximate surface area is 165 Å². The number of likely N-dealkylation sites (tertiary alicyclic amines) is 1. The number of hydrogen-bond acceptors (Lipinski definition) is 3. The van der Waals surface area contributed by atoms with Gasteiger partial charge in [0.2, 0.25) is 5.91 Å². The molecule has 1 unspecified atom stereocenters. The van der Waals surface area contributed by atoms with Crippen molar-refractivity contribution in [3.05, 3.63) is 35.6 Å². The maximum Gasteiger partial charge on any atom is 0.303 e. The zero-order chi connectivity index (χ0) is 20.4. The fourth-order valence-corrected chi connectivity index (χ4v) is 3.44. The summed E-state index contributed by atoms with van der Waals surface area (Å²) in [5, 5.41) is 11.5. The summed E-state index contributed by atoms with van der Waals surface area (Å²) in [5.74, 6) is -1.55. The largest absolute Gasteiger partial charge is 0.481 e. The highest BCUT2D eigenvalue weighted by atomic mass is 19.1. The van der Waals surface area contributed by atoms with Crippen LogP contribution in [0.1, 0.15) is 61.7 Å². The molecule has 0 spiro atoms. The first-order chi connectivity index (χ1) is 13.5. The Morgan fingerprint density at radius 3 is 2.46 bits per heavy atom. The summed E-state index contributed by atoms with van der Waals surface area (Å²) in [5.41, 5.74) is 0.436. The van der Waals surface area contributed by atoms with E-state index in [-0.39, 0.29) is 30.0 Å². The smallest absolute Gasteiger partial charge is 0.303 e. The number of carboxylic acid groups (broad SMARTS) is 1. The molecule has 0 aromatic heterocycles. The van der Waals surface area contributed by atoms with Crippen molar-refractivity contribution in [2.45, 2.75) is 51.4 Å². The summed E-state index contributed by atoms with van der Waals surface area (Å²) >= 11 is 0. The van der Waals surface area contributed by atoms with Crippen molar-refractivity contribution in [3.63, 3.8) is 0 Å². The minimum Gasteiger partial charge on any atom is -0.481 e. The zero-order valence-corrected chi connectivity index (χ0v) is 16.2. The topological polar surface area (TPSA) is 86.7 Å². The van der Waals surface area contributed by atoms with E-state index in [0.29, 0.717) is 31.6 Å². The van der Waals surface area contributed by atoms with Gasteiger partial charge in [-0.2, -0.15) is 0 Å². The molecule has 2 N–H and O–H groups in total. The van der Waals surface area contributed by atoms with Gasteiger partial charge in [0, 0.05) is 31.6 Å². The molecule has 1 saturated heterocycles. The van der Waals surface area contributed by atoms with Gasteiger partial charge in [-0.05, 0) is 49.9 Å². The highest BCUT2D eigenvalue weighted by Crippen LogP contribution is 2.19. The Hall–Kier alpha value is -2.44. The van der Waals surface area contributed by atoms with Gasteiger partial charge in [-0.3, -0.25) is 14.4 Å². The molecule has 154 valence electrons. The molecule has 1 heterocycles. The molecule has 1 fully saturated rings. The van der Waals surface area contributed by atoms with Crippen LogP contribution in [-0.2, 0) is 9.59 Å². The number of benzene rings is 1. The molecule has 0 saturated carbocycles. The van der Waals surface area contributed by atoms with E-state index in [1.165, 1.54) is 24.3 Å². The van der Waals surface area contributed by atoms with E-state index in [2.05, 4.69) is 5.32 Å². The van der Waals surface area contributed by atoms with Gasteiger partial charge in [0.1, 0.15) is 5.82 Å². The second-order valence-electron chi connectivity index (χ2n) is 7.30. The maximum absolute atomic E-state index is 13.0. The van der Waals surface area contributed by atoms with Crippen molar-refractivity contribution in [3.8, 4) is 0 Å². The molecule has 2 rings (SSSR count). The van der Waals surface area contributed by atoms with Gasteiger partial charge >= 0.3 is 5.97 Å². The standard InChI is InChI=1S/C21H29FN2O4/c22-18-11-9-16(10-12-18)21(28)24-14-6-7-17(15-24)20(27)23-13-5-3-1-2-4-8-19(25)26/h9-12,17H,1-8,13-15H2,(H,23,27)(H,25,26). The third-order valence-electron chi connectivity index (χ3n) is 5.04. The number of hydrogen-bond donors (Lipinski definition) is 2. The van der Waals surface area contributed by atoms with Gasteiger partial charge in [0.15, 0.2) is 0 Å². The van der Waals surface area contributed by atoms with Gasteiger partial charge in [-0.1, -0.05) is 19.3 Å². The van der Waals surface area contributed by atoms with E-state index in [0.717, 1.165) is 38.5 Å². The summed E-state index contributed by atoms with van der Waals surface area (Å²) in [4.78, 5) is 37.0. The number of nitrogens with one attached hydrogen (secondary N) is 1. The van der Waals surface area contributed by atoms with Crippen LogP contribution in [0.15, 0.2) is 24.3 Å². The van der Waals surface area contributed by atoms with E-state index < -0.39 is 5.97 Å². The van der Waals surface area contributed by atoms with Gasteiger partial charge in [0.25, 0.3) is 5.91 Å². The molecule has 1 aliphatic rings. The highest BCUT2D eigenvalue weighted by Gasteiger charge is 2.28. The fourth-order valence-electron chi connectivity index (χ4n) is 3.44. The average Bonchev–Trinajstić information content (AvgIpc) is 2.69. The lowest BCUT2D eigenvalue weighted by molar-refractivity contribution is -0.137. The van der Waals surface area contributed by atoms with E-state index in [9.17, 15) is 18.8 Å². The van der Waals surface area contributed by atoms with Crippen LogP contribution in [0.5, 0.6) is 0 Å². The maximum atomic E-state index is 13.0. The van der Waals surface area contributed by atoms with E-state index in [1.54, 1.807) is 4.90 Å². The van der Waals surface area contributed by atoms with Crippen molar-refractivity contribution < 1.29 is 23.9 Å². The van der Waals surface area contributed by atoms with Crippen LogP contribution in [0.4, 0.5) is 4.39 Å². The number of carboxylic acids is 1. The van der Waals surface area contributed by atoms with Crippen molar-refractivity contribution in [2.75, 3.05) is 19.6 Å². The Morgan fingerprint density at radius 1 is 1.07 bits per heavy atom. The van der Waals surface area contributed by atoms with Crippen LogP contribution >= 0.6 is 0 Å². The van der Waals surface area contributed by atoms with Crippen LogP contribution < -0.4 is 5.32 Å². The molecule has 6 nitrogen and oxygen atoms in total. The number of nitrogens with zero attached hydrogens (tertiary/aromatic N) is 1. The molecular weight excluding hydrogens is 363 g/mol. The molecule has 1 atom stereocenters. The third-order valence-corrected chi connectivity index (χ3v) is 5.04. The third kappa shape index (κ3) is 7.29. The van der Waals surface area contributed by atoms with Crippen molar-refractivity contribution in [1.82, 2.24) is 10.2 Å². The number of carbonyl (C=O) groups is 3. The molecule has 1 aliphatic heterocycles. The number of halogens is 1. The molecule has 0 radical (unpaired) electrons. The number of piperidine rings is 1. The van der Waals surface area contributed by atoms with Gasteiger partial charge < -0.3 is 15.3 Å². The van der Waals surface area contributed by atoms with Crippen LogP contribution in [0.3, 0.4) is 0 Å². The minimum absolute atomic E-state index is 0.0255. The van der Waals surface area contributed by atoms with Gasteiger partial charge in [-0.25, -0.2) is 4.39 Å². The van der Waals surface area contributed by atoms with Crippen molar-refractivity contribution in [1.29, 1.82) is 0 Å². The first-order valence-electron chi connectivity index (χ1n) is 10.0. The van der Waals surface area contributed by atoms with Crippen molar-refractivity contribution in [2.24, 2.45) is 5.92 Å². The van der Waals surface area contributed by atoms with Crippen LogP contribution in [0.25, 0.3) is 0 Å². The van der Waals surface area contributed by atoms with Crippen molar-refractivity contribution >= 4 is 17.8 Å². The van der Waals surface area contributed by atoms with E-state index in [4.69, 9.17) is 5.11 Å². The quantitative estimate of drug-likeness (QED) is 0.599. The summed E-state index contributed by atoms with van der Waals surface area (Å²) < 4.78 is 13.0. The molecule has 0 bridgehead atoms. The Balaban J connectivity index is 1.67. The summed E-state index contributed by atoms with van der Waals surface area (Å²) in [7, 11) is 0. The second-order valence-corrected chi connectivity index (χ2v) is 7.30. The van der Waals surface area contributed by atoms with Gasteiger partial charge in [0.05, 0.1) is 5.92 Å². The lowest BCUT2D eigenvalue weighted by Gasteiger charge is -2.32. The number of aliphatic carboxylic acids is 1. The average molecular weight is 392 g/mol. The summed E-state index contributed by atoms with van der Waals surface area (Å²) in [6, 6.07) is 5.47.